The monoisotopic (exact) mass is 253 g/mol. The van der Waals surface area contributed by atoms with Gasteiger partial charge in [-0.3, -0.25) is 4.98 Å². The van der Waals surface area contributed by atoms with E-state index in [2.05, 4.69) is 61.1 Å². The summed E-state index contributed by atoms with van der Waals surface area (Å²) in [5, 5.41) is 1.25. The molecular weight excluding hydrogens is 234 g/mol. The standard InChI is InChI=1S/C16H19NSi/c1-14(15-9-5-4-6-10-15)13-18(2,3)16-11-7-8-12-17-16/h4-12H,1,13H2,2-3H3. The van der Waals surface area contributed by atoms with Gasteiger partial charge >= 0.3 is 0 Å². The summed E-state index contributed by atoms with van der Waals surface area (Å²) in [6.07, 6.45) is 1.88. The van der Waals surface area contributed by atoms with Gasteiger partial charge in [-0.1, -0.05) is 61.6 Å². The third kappa shape index (κ3) is 2.96. The van der Waals surface area contributed by atoms with Crippen LogP contribution in [0.15, 0.2) is 61.3 Å². The van der Waals surface area contributed by atoms with Gasteiger partial charge in [-0.15, -0.1) is 0 Å². The zero-order valence-corrected chi connectivity index (χ0v) is 12.1. The molecule has 2 aromatic rings. The molecule has 0 unspecified atom stereocenters. The van der Waals surface area contributed by atoms with Crippen molar-refractivity contribution in [1.29, 1.82) is 0 Å². The number of benzene rings is 1. The molecule has 0 bridgehead atoms. The van der Waals surface area contributed by atoms with Crippen molar-refractivity contribution in [2.45, 2.75) is 19.1 Å². The van der Waals surface area contributed by atoms with E-state index in [1.54, 1.807) is 0 Å². The molecule has 0 aliphatic heterocycles. The molecule has 0 saturated heterocycles. The van der Waals surface area contributed by atoms with Gasteiger partial charge in [0.25, 0.3) is 0 Å². The summed E-state index contributed by atoms with van der Waals surface area (Å²) in [6.45, 7) is 8.94. The van der Waals surface area contributed by atoms with E-state index in [0.29, 0.717) is 0 Å². The first-order valence-electron chi connectivity index (χ1n) is 6.24. The fraction of sp³-hybridized carbons (Fsp3) is 0.188. The fourth-order valence-electron chi connectivity index (χ4n) is 2.16. The van der Waals surface area contributed by atoms with E-state index in [9.17, 15) is 0 Å². The summed E-state index contributed by atoms with van der Waals surface area (Å²) >= 11 is 0. The van der Waals surface area contributed by atoms with Crippen LogP contribution < -0.4 is 5.32 Å². The smallest absolute Gasteiger partial charge is 0.108 e. The SMILES string of the molecule is C=C(C[Si](C)(C)c1ccccn1)c1ccccc1. The lowest BCUT2D eigenvalue weighted by atomic mass is 10.1. The zero-order valence-electron chi connectivity index (χ0n) is 11.1. The van der Waals surface area contributed by atoms with E-state index in [-0.39, 0.29) is 0 Å². The number of hydrogen-bond donors (Lipinski definition) is 0. The van der Waals surface area contributed by atoms with Crippen molar-refractivity contribution >= 4 is 19.0 Å². The molecule has 0 atom stereocenters. The number of allylic oxidation sites excluding steroid dienone is 1. The summed E-state index contributed by atoms with van der Waals surface area (Å²) in [4.78, 5) is 4.52. The predicted octanol–water partition coefficient (Wildman–Crippen LogP) is 3.71. The van der Waals surface area contributed by atoms with Crippen LogP contribution in [0, 0.1) is 0 Å². The maximum Gasteiger partial charge on any atom is 0.108 e. The second-order valence-electron chi connectivity index (χ2n) is 5.25. The van der Waals surface area contributed by atoms with Gasteiger partial charge in [0, 0.05) is 11.5 Å². The summed E-state index contributed by atoms with van der Waals surface area (Å²) in [5.41, 5.74) is 2.46. The van der Waals surface area contributed by atoms with Crippen molar-refractivity contribution in [3.63, 3.8) is 0 Å². The first-order valence-corrected chi connectivity index (χ1v) is 9.45. The van der Waals surface area contributed by atoms with E-state index >= 15 is 0 Å². The number of rotatable bonds is 4. The predicted molar refractivity (Wildman–Crippen MR) is 81.6 cm³/mol. The van der Waals surface area contributed by atoms with E-state index < -0.39 is 8.07 Å². The maximum atomic E-state index is 4.52. The molecule has 0 spiro atoms. The quantitative estimate of drug-likeness (QED) is 0.757. The Bertz CT molecular complexity index is 517. The van der Waals surface area contributed by atoms with Crippen LogP contribution in [0.4, 0.5) is 0 Å². The maximum absolute atomic E-state index is 4.52. The molecule has 1 heterocycles. The number of pyridine rings is 1. The van der Waals surface area contributed by atoms with Crippen molar-refractivity contribution in [2.24, 2.45) is 0 Å². The van der Waals surface area contributed by atoms with Crippen LogP contribution in [-0.4, -0.2) is 13.1 Å². The molecule has 2 heteroatoms. The van der Waals surface area contributed by atoms with Gasteiger partial charge in [0.15, 0.2) is 0 Å². The van der Waals surface area contributed by atoms with Crippen LogP contribution in [0.3, 0.4) is 0 Å². The van der Waals surface area contributed by atoms with E-state index in [1.165, 1.54) is 16.5 Å². The van der Waals surface area contributed by atoms with Gasteiger partial charge in [0.05, 0.1) is 0 Å². The Morgan fingerprint density at radius 3 is 2.33 bits per heavy atom. The Labute approximate surface area is 110 Å². The zero-order chi connectivity index (χ0) is 13.0. The molecule has 0 N–H and O–H groups in total. The minimum atomic E-state index is -1.54. The largest absolute Gasteiger partial charge is 0.266 e. The molecule has 1 aromatic heterocycles. The van der Waals surface area contributed by atoms with Crippen molar-refractivity contribution in [3.8, 4) is 0 Å². The molecule has 2 rings (SSSR count). The van der Waals surface area contributed by atoms with Gasteiger partial charge in [-0.2, -0.15) is 0 Å². The summed E-state index contributed by atoms with van der Waals surface area (Å²) in [7, 11) is -1.54. The first kappa shape index (κ1) is 12.8. The Kier molecular flexibility index (Phi) is 3.77. The third-order valence-electron chi connectivity index (χ3n) is 3.20. The number of aromatic nitrogens is 1. The molecule has 0 fully saturated rings. The highest BCUT2D eigenvalue weighted by Gasteiger charge is 2.25. The third-order valence-corrected chi connectivity index (χ3v) is 6.19. The van der Waals surface area contributed by atoms with Crippen LogP contribution in [0.1, 0.15) is 5.56 Å². The van der Waals surface area contributed by atoms with Crippen molar-refractivity contribution in [3.05, 3.63) is 66.9 Å². The van der Waals surface area contributed by atoms with Gasteiger partial charge < -0.3 is 0 Å². The lowest BCUT2D eigenvalue weighted by Gasteiger charge is -2.22. The molecular formula is C16H19NSi. The number of nitrogens with zero attached hydrogens (tertiary/aromatic N) is 1. The molecule has 92 valence electrons. The van der Waals surface area contributed by atoms with Gasteiger partial charge in [0.1, 0.15) is 8.07 Å². The number of hydrogen-bond acceptors (Lipinski definition) is 1. The fourth-order valence-corrected chi connectivity index (χ4v) is 4.59. The first-order chi connectivity index (χ1) is 8.59. The highest BCUT2D eigenvalue weighted by Crippen LogP contribution is 2.23. The molecule has 0 radical (unpaired) electrons. The Morgan fingerprint density at radius 1 is 1.06 bits per heavy atom. The Balaban J connectivity index is 2.17. The highest BCUT2D eigenvalue weighted by atomic mass is 28.3. The molecule has 1 aromatic carbocycles. The normalized spacial score (nSPS) is 11.2. The summed E-state index contributed by atoms with van der Waals surface area (Å²) in [6, 6.07) is 17.7. The Hall–Kier alpha value is -1.67. The molecule has 0 aliphatic rings. The van der Waals surface area contributed by atoms with Gasteiger partial charge in [-0.25, -0.2) is 0 Å². The second kappa shape index (κ2) is 5.32. The molecule has 0 amide bonds. The van der Waals surface area contributed by atoms with Crippen LogP contribution in [0.25, 0.3) is 5.57 Å². The molecule has 18 heavy (non-hydrogen) atoms. The highest BCUT2D eigenvalue weighted by molar-refractivity contribution is 6.90. The Morgan fingerprint density at radius 2 is 1.72 bits per heavy atom. The lowest BCUT2D eigenvalue weighted by Crippen LogP contribution is -2.43. The lowest BCUT2D eigenvalue weighted by molar-refractivity contribution is 1.35. The van der Waals surface area contributed by atoms with Crippen LogP contribution in [-0.2, 0) is 0 Å². The minimum absolute atomic E-state index is 1.05. The second-order valence-corrected chi connectivity index (χ2v) is 9.88. The average Bonchev–Trinajstić information content (AvgIpc) is 2.40. The van der Waals surface area contributed by atoms with E-state index in [4.69, 9.17) is 0 Å². The van der Waals surface area contributed by atoms with E-state index in [1.807, 2.05) is 18.3 Å². The minimum Gasteiger partial charge on any atom is -0.266 e. The van der Waals surface area contributed by atoms with Crippen molar-refractivity contribution in [1.82, 2.24) is 4.98 Å². The molecule has 1 nitrogen and oxygen atoms in total. The van der Waals surface area contributed by atoms with Crippen LogP contribution in [0.2, 0.25) is 19.1 Å². The summed E-state index contributed by atoms with van der Waals surface area (Å²) < 4.78 is 0. The summed E-state index contributed by atoms with van der Waals surface area (Å²) in [5.74, 6) is 0. The van der Waals surface area contributed by atoms with Gasteiger partial charge in [-0.05, 0) is 23.7 Å². The van der Waals surface area contributed by atoms with Crippen molar-refractivity contribution < 1.29 is 0 Å². The molecule has 0 aliphatic carbocycles. The van der Waals surface area contributed by atoms with Crippen LogP contribution >= 0.6 is 0 Å². The van der Waals surface area contributed by atoms with Crippen LogP contribution in [0.5, 0.6) is 0 Å². The topological polar surface area (TPSA) is 12.9 Å². The van der Waals surface area contributed by atoms with E-state index in [0.717, 1.165) is 6.04 Å². The average molecular weight is 253 g/mol. The van der Waals surface area contributed by atoms with Crippen molar-refractivity contribution in [2.75, 3.05) is 0 Å². The van der Waals surface area contributed by atoms with Gasteiger partial charge in [0.2, 0.25) is 0 Å². The molecule has 0 saturated carbocycles.